The number of hydrogen-bond acceptors (Lipinski definition) is 2. The maximum atomic E-state index is 13.4. The van der Waals surface area contributed by atoms with Crippen molar-refractivity contribution < 1.29 is 26.7 Å². The summed E-state index contributed by atoms with van der Waals surface area (Å²) in [6.07, 6.45) is -4.87. The Morgan fingerprint density at radius 1 is 1.32 bits per heavy atom. The second-order valence-corrected chi connectivity index (χ2v) is 3.83. The van der Waals surface area contributed by atoms with Crippen molar-refractivity contribution in [2.75, 3.05) is 5.32 Å². The highest BCUT2D eigenvalue weighted by molar-refractivity contribution is 5.93. The molecule has 0 saturated heterocycles. The van der Waals surface area contributed by atoms with Gasteiger partial charge in [-0.2, -0.15) is 13.2 Å². The Labute approximate surface area is 105 Å². The number of halogens is 5. The first-order chi connectivity index (χ1) is 8.66. The minimum absolute atomic E-state index is 0.315. The molecule has 1 atom stereocenters. The van der Waals surface area contributed by atoms with Crippen LogP contribution in [0.5, 0.6) is 0 Å². The van der Waals surface area contributed by atoms with Crippen LogP contribution in [0.1, 0.15) is 23.7 Å². The molecule has 1 aromatic carbocycles. The van der Waals surface area contributed by atoms with Crippen molar-refractivity contribution in [1.82, 2.24) is 0 Å². The first-order valence-electron chi connectivity index (χ1n) is 5.29. The molecule has 0 radical (unpaired) electrons. The zero-order chi connectivity index (χ0) is 14.8. The van der Waals surface area contributed by atoms with E-state index in [2.05, 4.69) is 0 Å². The highest BCUT2D eigenvalue weighted by atomic mass is 19.4. The number of amides is 1. The third-order valence-corrected chi connectivity index (χ3v) is 2.43. The fourth-order valence-corrected chi connectivity index (χ4v) is 1.51. The molecule has 0 unspecified atom stereocenters. The Morgan fingerprint density at radius 2 is 1.79 bits per heavy atom. The number of carbonyl (C=O) groups excluding carboxylic acids is 1. The van der Waals surface area contributed by atoms with Crippen molar-refractivity contribution in [3.8, 4) is 0 Å². The Bertz CT molecular complexity index is 463. The molecule has 0 heterocycles. The lowest BCUT2D eigenvalue weighted by Gasteiger charge is -2.21. The molecular formula is C11H11F5N2O. The monoisotopic (exact) mass is 282 g/mol. The Balaban J connectivity index is 3.08. The van der Waals surface area contributed by atoms with Gasteiger partial charge in [0.1, 0.15) is 23.2 Å². The molecule has 0 fully saturated rings. The average molecular weight is 282 g/mol. The van der Waals surface area contributed by atoms with Gasteiger partial charge in [0.05, 0.1) is 0 Å². The SMILES string of the molecule is CC[C@@H](Nc1cc(F)c(C(N)=O)c(F)c1)C(F)(F)F. The molecule has 8 heteroatoms. The van der Waals surface area contributed by atoms with Crippen LogP contribution in [-0.2, 0) is 0 Å². The van der Waals surface area contributed by atoms with Crippen molar-refractivity contribution in [1.29, 1.82) is 0 Å². The first kappa shape index (κ1) is 15.2. The van der Waals surface area contributed by atoms with Crippen molar-refractivity contribution in [3.05, 3.63) is 29.3 Å². The number of primary amides is 1. The predicted octanol–water partition coefficient (Wildman–Crippen LogP) is 2.82. The topological polar surface area (TPSA) is 55.1 Å². The van der Waals surface area contributed by atoms with E-state index in [1.807, 2.05) is 5.32 Å². The minimum Gasteiger partial charge on any atom is -0.374 e. The maximum absolute atomic E-state index is 13.4. The summed E-state index contributed by atoms with van der Waals surface area (Å²) in [5.74, 6) is -3.96. The molecule has 0 aliphatic rings. The van der Waals surface area contributed by atoms with Gasteiger partial charge < -0.3 is 11.1 Å². The van der Waals surface area contributed by atoms with E-state index >= 15 is 0 Å². The molecule has 3 N–H and O–H groups in total. The predicted molar refractivity (Wildman–Crippen MR) is 58.6 cm³/mol. The third-order valence-electron chi connectivity index (χ3n) is 2.43. The van der Waals surface area contributed by atoms with Gasteiger partial charge in [0.2, 0.25) is 0 Å². The van der Waals surface area contributed by atoms with Crippen molar-refractivity contribution in [2.24, 2.45) is 5.73 Å². The van der Waals surface area contributed by atoms with Gasteiger partial charge in [0.15, 0.2) is 0 Å². The Hall–Kier alpha value is -1.86. The quantitative estimate of drug-likeness (QED) is 0.834. The van der Waals surface area contributed by atoms with Gasteiger partial charge in [0.25, 0.3) is 5.91 Å². The number of nitrogens with one attached hydrogen (secondary N) is 1. The minimum atomic E-state index is -4.55. The molecule has 106 valence electrons. The van der Waals surface area contributed by atoms with Gasteiger partial charge in [-0.3, -0.25) is 4.79 Å². The molecule has 1 aromatic rings. The van der Waals surface area contributed by atoms with Crippen LogP contribution in [0.3, 0.4) is 0 Å². The zero-order valence-electron chi connectivity index (χ0n) is 9.81. The molecule has 0 aliphatic carbocycles. The van der Waals surface area contributed by atoms with E-state index in [1.165, 1.54) is 6.92 Å². The molecular weight excluding hydrogens is 271 g/mol. The van der Waals surface area contributed by atoms with E-state index in [0.717, 1.165) is 0 Å². The summed E-state index contributed by atoms with van der Waals surface area (Å²) < 4.78 is 64.2. The second kappa shape index (κ2) is 5.41. The van der Waals surface area contributed by atoms with Crippen LogP contribution in [0.4, 0.5) is 27.6 Å². The number of benzene rings is 1. The summed E-state index contributed by atoms with van der Waals surface area (Å²) in [5.41, 5.74) is 3.35. The van der Waals surface area contributed by atoms with Crippen LogP contribution in [0, 0.1) is 11.6 Å². The third kappa shape index (κ3) is 3.55. The largest absolute Gasteiger partial charge is 0.408 e. The smallest absolute Gasteiger partial charge is 0.374 e. The fourth-order valence-electron chi connectivity index (χ4n) is 1.51. The van der Waals surface area contributed by atoms with E-state index in [9.17, 15) is 26.7 Å². The number of nitrogens with two attached hydrogens (primary N) is 1. The molecule has 3 nitrogen and oxygen atoms in total. The van der Waals surface area contributed by atoms with E-state index in [0.29, 0.717) is 12.1 Å². The summed E-state index contributed by atoms with van der Waals surface area (Å²) in [5, 5.41) is 1.96. The van der Waals surface area contributed by atoms with Crippen LogP contribution >= 0.6 is 0 Å². The van der Waals surface area contributed by atoms with E-state index < -0.39 is 41.0 Å². The van der Waals surface area contributed by atoms with Gasteiger partial charge in [-0.25, -0.2) is 8.78 Å². The number of carbonyl (C=O) groups is 1. The van der Waals surface area contributed by atoms with Gasteiger partial charge >= 0.3 is 6.18 Å². The van der Waals surface area contributed by atoms with Crippen molar-refractivity contribution in [3.63, 3.8) is 0 Å². The van der Waals surface area contributed by atoms with Gasteiger partial charge in [-0.15, -0.1) is 0 Å². The summed E-state index contributed by atoms with van der Waals surface area (Å²) in [6.45, 7) is 1.27. The number of anilines is 1. The normalized spacial score (nSPS) is 13.2. The zero-order valence-corrected chi connectivity index (χ0v) is 9.81. The molecule has 0 aliphatic heterocycles. The lowest BCUT2D eigenvalue weighted by atomic mass is 10.1. The van der Waals surface area contributed by atoms with Crippen LogP contribution in [0.25, 0.3) is 0 Å². The van der Waals surface area contributed by atoms with Crippen molar-refractivity contribution in [2.45, 2.75) is 25.6 Å². The summed E-state index contributed by atoms with van der Waals surface area (Å²) >= 11 is 0. The summed E-state index contributed by atoms with van der Waals surface area (Å²) in [7, 11) is 0. The molecule has 1 rings (SSSR count). The summed E-state index contributed by atoms with van der Waals surface area (Å²) in [4.78, 5) is 10.7. The molecule has 0 aromatic heterocycles. The van der Waals surface area contributed by atoms with Crippen LogP contribution < -0.4 is 11.1 Å². The van der Waals surface area contributed by atoms with E-state index in [1.54, 1.807) is 0 Å². The van der Waals surface area contributed by atoms with E-state index in [4.69, 9.17) is 5.73 Å². The van der Waals surface area contributed by atoms with Crippen molar-refractivity contribution >= 4 is 11.6 Å². The second-order valence-electron chi connectivity index (χ2n) is 3.83. The van der Waals surface area contributed by atoms with Crippen LogP contribution in [-0.4, -0.2) is 18.1 Å². The highest BCUT2D eigenvalue weighted by Crippen LogP contribution is 2.27. The fraction of sp³-hybridized carbons (Fsp3) is 0.364. The number of alkyl halides is 3. The Morgan fingerprint density at radius 3 is 2.11 bits per heavy atom. The standard InChI is InChI=1S/C11H11F5N2O/c1-2-8(11(14,15)16)18-5-3-6(12)9(10(17)19)7(13)4-5/h3-4,8,18H,2H2,1H3,(H2,17,19)/t8-/m1/s1. The molecule has 19 heavy (non-hydrogen) atoms. The number of rotatable bonds is 4. The van der Waals surface area contributed by atoms with E-state index in [-0.39, 0.29) is 6.42 Å². The lowest BCUT2D eigenvalue weighted by molar-refractivity contribution is -0.142. The first-order valence-corrected chi connectivity index (χ1v) is 5.29. The van der Waals surface area contributed by atoms with Gasteiger partial charge in [-0.05, 0) is 18.6 Å². The molecule has 0 spiro atoms. The summed E-state index contributed by atoms with van der Waals surface area (Å²) in [6, 6.07) is -0.750. The lowest BCUT2D eigenvalue weighted by Crippen LogP contribution is -2.35. The maximum Gasteiger partial charge on any atom is 0.408 e. The molecule has 0 bridgehead atoms. The average Bonchev–Trinajstić information content (AvgIpc) is 2.22. The van der Waals surface area contributed by atoms with Crippen LogP contribution in [0.15, 0.2) is 12.1 Å². The Kier molecular flexibility index (Phi) is 4.33. The molecule has 0 saturated carbocycles. The van der Waals surface area contributed by atoms with Gasteiger partial charge in [0, 0.05) is 5.69 Å². The van der Waals surface area contributed by atoms with Gasteiger partial charge in [-0.1, -0.05) is 6.92 Å². The highest BCUT2D eigenvalue weighted by Gasteiger charge is 2.38. The van der Waals surface area contributed by atoms with Crippen LogP contribution in [0.2, 0.25) is 0 Å². The number of hydrogen-bond donors (Lipinski definition) is 2. The molecule has 1 amide bonds.